The van der Waals surface area contributed by atoms with Gasteiger partial charge < -0.3 is 4.90 Å². The molecular formula is C19H20ClFN2S. The Labute approximate surface area is 151 Å². The lowest BCUT2D eigenvalue weighted by molar-refractivity contribution is 0.109. The summed E-state index contributed by atoms with van der Waals surface area (Å²) in [5.74, 6) is -0.318. The summed E-state index contributed by atoms with van der Waals surface area (Å²) in [7, 11) is 2.16. The van der Waals surface area contributed by atoms with Gasteiger partial charge >= 0.3 is 0 Å². The molecule has 24 heavy (non-hydrogen) atoms. The van der Waals surface area contributed by atoms with Crippen LogP contribution in [0.2, 0.25) is 5.02 Å². The van der Waals surface area contributed by atoms with Crippen molar-refractivity contribution < 1.29 is 4.39 Å². The molecule has 0 bridgehead atoms. The number of likely N-dealkylation sites (N-methyl/N-ethyl adjacent to an activating group) is 1. The predicted molar refractivity (Wildman–Crippen MR) is 97.5 cm³/mol. The zero-order valence-electron chi connectivity index (χ0n) is 13.6. The summed E-state index contributed by atoms with van der Waals surface area (Å²) in [6.07, 6.45) is 0.918. The van der Waals surface area contributed by atoms with E-state index in [0.29, 0.717) is 0 Å². The highest BCUT2D eigenvalue weighted by atomic mass is 35.5. The molecule has 0 aliphatic carbocycles. The van der Waals surface area contributed by atoms with Crippen LogP contribution in [-0.4, -0.2) is 43.0 Å². The molecule has 2 aromatic carbocycles. The van der Waals surface area contributed by atoms with Gasteiger partial charge in [-0.25, -0.2) is 4.39 Å². The number of hydrogen-bond donors (Lipinski definition) is 0. The Morgan fingerprint density at radius 3 is 2.62 bits per heavy atom. The molecule has 2 aliphatic rings. The van der Waals surface area contributed by atoms with Gasteiger partial charge in [0, 0.05) is 42.0 Å². The van der Waals surface area contributed by atoms with E-state index in [9.17, 15) is 4.39 Å². The lowest BCUT2D eigenvalue weighted by atomic mass is 9.96. The van der Waals surface area contributed by atoms with Gasteiger partial charge in [0.25, 0.3) is 0 Å². The summed E-state index contributed by atoms with van der Waals surface area (Å²) in [6.45, 7) is 4.13. The molecule has 0 amide bonds. The first-order valence-electron chi connectivity index (χ1n) is 8.29. The normalized spacial score (nSPS) is 21.9. The van der Waals surface area contributed by atoms with Crippen molar-refractivity contribution in [2.75, 3.05) is 33.2 Å². The highest BCUT2D eigenvalue weighted by molar-refractivity contribution is 7.99. The van der Waals surface area contributed by atoms with Gasteiger partial charge in [0.05, 0.1) is 5.02 Å². The van der Waals surface area contributed by atoms with Crippen molar-refractivity contribution in [2.45, 2.75) is 22.3 Å². The fourth-order valence-corrected chi connectivity index (χ4v) is 4.94. The minimum absolute atomic E-state index is 0.205. The minimum Gasteiger partial charge on any atom is -0.304 e. The fraction of sp³-hybridized carbons (Fsp3) is 0.368. The number of rotatable bonds is 1. The Hall–Kier alpha value is -1.07. The molecule has 0 aromatic heterocycles. The zero-order valence-corrected chi connectivity index (χ0v) is 15.2. The van der Waals surface area contributed by atoms with Crippen LogP contribution in [0.1, 0.15) is 17.2 Å². The monoisotopic (exact) mass is 362 g/mol. The summed E-state index contributed by atoms with van der Waals surface area (Å²) < 4.78 is 14.2. The van der Waals surface area contributed by atoms with Crippen LogP contribution in [0.5, 0.6) is 0 Å². The topological polar surface area (TPSA) is 6.48 Å². The maximum absolute atomic E-state index is 14.2. The molecule has 0 saturated carbocycles. The van der Waals surface area contributed by atoms with E-state index in [4.69, 9.17) is 11.6 Å². The number of halogens is 2. The Morgan fingerprint density at radius 2 is 1.83 bits per heavy atom. The SMILES string of the molecule is CN1CCN(C2Cc3ccccc3Sc3cc(Cl)c(F)cc32)CC1. The van der Waals surface area contributed by atoms with Crippen molar-refractivity contribution in [3.05, 3.63) is 58.4 Å². The van der Waals surface area contributed by atoms with Crippen molar-refractivity contribution in [1.82, 2.24) is 9.80 Å². The molecule has 1 atom stereocenters. The first-order chi connectivity index (χ1) is 11.6. The van der Waals surface area contributed by atoms with Crippen molar-refractivity contribution >= 4 is 23.4 Å². The van der Waals surface area contributed by atoms with Gasteiger partial charge in [0.2, 0.25) is 0 Å². The molecule has 0 radical (unpaired) electrons. The maximum atomic E-state index is 14.2. The number of piperazine rings is 1. The van der Waals surface area contributed by atoms with E-state index in [0.717, 1.165) is 43.1 Å². The van der Waals surface area contributed by atoms with Gasteiger partial charge in [-0.1, -0.05) is 41.6 Å². The first kappa shape index (κ1) is 16.4. The van der Waals surface area contributed by atoms with E-state index in [1.54, 1.807) is 23.9 Å². The Kier molecular flexibility index (Phi) is 4.56. The summed E-state index contributed by atoms with van der Waals surface area (Å²) in [4.78, 5) is 7.17. The van der Waals surface area contributed by atoms with E-state index in [2.05, 4.69) is 41.1 Å². The van der Waals surface area contributed by atoms with Crippen LogP contribution in [0.4, 0.5) is 4.39 Å². The number of nitrogens with zero attached hydrogens (tertiary/aromatic N) is 2. The zero-order chi connectivity index (χ0) is 16.7. The van der Waals surface area contributed by atoms with Crippen molar-refractivity contribution in [3.8, 4) is 0 Å². The van der Waals surface area contributed by atoms with Gasteiger partial charge in [-0.05, 0) is 42.8 Å². The van der Waals surface area contributed by atoms with E-state index >= 15 is 0 Å². The second-order valence-electron chi connectivity index (χ2n) is 6.57. The van der Waals surface area contributed by atoms with Crippen LogP contribution in [0.25, 0.3) is 0 Å². The molecule has 1 unspecified atom stereocenters. The standard InChI is InChI=1S/C19H20ClFN2S/c1-22-6-8-23(9-7-22)17-10-13-4-2-3-5-18(13)24-19-12-15(20)16(21)11-14(17)19/h2-5,11-12,17H,6-10H2,1H3. The minimum atomic E-state index is -0.318. The van der Waals surface area contributed by atoms with Crippen molar-refractivity contribution in [1.29, 1.82) is 0 Å². The van der Waals surface area contributed by atoms with Crippen LogP contribution in [0.15, 0.2) is 46.2 Å². The Bertz CT molecular complexity index is 759. The summed E-state index contributed by atoms with van der Waals surface area (Å²) >= 11 is 7.78. The molecule has 4 rings (SSSR count). The summed E-state index contributed by atoms with van der Waals surface area (Å²) in [6, 6.07) is 12.1. The number of hydrogen-bond acceptors (Lipinski definition) is 3. The summed E-state index contributed by atoms with van der Waals surface area (Å²) in [5, 5.41) is 0.206. The van der Waals surface area contributed by atoms with Crippen LogP contribution in [0, 0.1) is 5.82 Å². The van der Waals surface area contributed by atoms with Crippen molar-refractivity contribution in [3.63, 3.8) is 0 Å². The van der Waals surface area contributed by atoms with Crippen LogP contribution < -0.4 is 0 Å². The average Bonchev–Trinajstić information content (AvgIpc) is 2.73. The predicted octanol–water partition coefficient (Wildman–Crippen LogP) is 4.47. The van der Waals surface area contributed by atoms with E-state index in [1.807, 2.05) is 0 Å². The molecule has 2 aromatic rings. The average molecular weight is 363 g/mol. The fourth-order valence-electron chi connectivity index (χ4n) is 3.56. The smallest absolute Gasteiger partial charge is 0.142 e. The molecule has 126 valence electrons. The first-order valence-corrected chi connectivity index (χ1v) is 9.48. The Morgan fingerprint density at radius 1 is 1.08 bits per heavy atom. The van der Waals surface area contributed by atoms with Crippen molar-refractivity contribution in [2.24, 2.45) is 0 Å². The van der Waals surface area contributed by atoms with Gasteiger partial charge in [-0.3, -0.25) is 4.90 Å². The third-order valence-corrected chi connectivity index (χ3v) is 6.48. The van der Waals surface area contributed by atoms with Crippen LogP contribution in [-0.2, 0) is 6.42 Å². The second-order valence-corrected chi connectivity index (χ2v) is 8.06. The molecule has 2 heterocycles. The number of benzene rings is 2. The second kappa shape index (κ2) is 6.68. The van der Waals surface area contributed by atoms with Crippen LogP contribution in [0.3, 0.4) is 0 Å². The van der Waals surface area contributed by atoms with E-state index in [-0.39, 0.29) is 16.9 Å². The lowest BCUT2D eigenvalue weighted by Crippen LogP contribution is -2.46. The molecular weight excluding hydrogens is 343 g/mol. The molecule has 0 spiro atoms. The molecule has 2 aliphatic heterocycles. The Balaban J connectivity index is 1.79. The third-order valence-electron chi connectivity index (χ3n) is 5.00. The van der Waals surface area contributed by atoms with E-state index in [1.165, 1.54) is 10.5 Å². The number of fused-ring (bicyclic) bond motifs is 2. The molecule has 0 N–H and O–H groups in total. The van der Waals surface area contributed by atoms with Gasteiger partial charge in [-0.2, -0.15) is 0 Å². The molecule has 5 heteroatoms. The molecule has 1 saturated heterocycles. The summed E-state index contributed by atoms with van der Waals surface area (Å²) in [5.41, 5.74) is 2.40. The highest BCUT2D eigenvalue weighted by Crippen LogP contribution is 2.44. The van der Waals surface area contributed by atoms with Crippen LogP contribution >= 0.6 is 23.4 Å². The quantitative estimate of drug-likeness (QED) is 0.738. The molecule has 2 nitrogen and oxygen atoms in total. The maximum Gasteiger partial charge on any atom is 0.142 e. The van der Waals surface area contributed by atoms with Gasteiger partial charge in [0.1, 0.15) is 5.82 Å². The van der Waals surface area contributed by atoms with Gasteiger partial charge in [0.15, 0.2) is 0 Å². The van der Waals surface area contributed by atoms with E-state index < -0.39 is 0 Å². The highest BCUT2D eigenvalue weighted by Gasteiger charge is 2.30. The molecule has 1 fully saturated rings. The third kappa shape index (κ3) is 3.08. The van der Waals surface area contributed by atoms with Gasteiger partial charge in [-0.15, -0.1) is 0 Å². The largest absolute Gasteiger partial charge is 0.304 e. The lowest BCUT2D eigenvalue weighted by Gasteiger charge is -2.38.